The predicted molar refractivity (Wildman–Crippen MR) is 111 cm³/mol. The molecule has 0 aromatic heterocycles. The highest BCUT2D eigenvalue weighted by atomic mass is 16.5. The van der Waals surface area contributed by atoms with E-state index in [9.17, 15) is 9.59 Å². The normalized spacial score (nSPS) is 10.3. The number of para-hydroxylation sites is 1. The van der Waals surface area contributed by atoms with Crippen molar-refractivity contribution in [3.05, 3.63) is 94.5 Å². The minimum atomic E-state index is -0.488. The van der Waals surface area contributed by atoms with Gasteiger partial charge in [-0.05, 0) is 55.3 Å². The van der Waals surface area contributed by atoms with Gasteiger partial charge in [0.25, 0.3) is 0 Å². The van der Waals surface area contributed by atoms with Gasteiger partial charge in [-0.1, -0.05) is 36.4 Å². The molecule has 0 radical (unpaired) electrons. The first-order valence-electron chi connectivity index (χ1n) is 9.13. The second kappa shape index (κ2) is 8.97. The first-order chi connectivity index (χ1) is 14.0. The van der Waals surface area contributed by atoms with Gasteiger partial charge in [-0.3, -0.25) is 4.79 Å². The Bertz CT molecular complexity index is 1040. The second-order valence-electron chi connectivity index (χ2n) is 6.59. The fourth-order valence-corrected chi connectivity index (χ4v) is 2.99. The zero-order valence-corrected chi connectivity index (χ0v) is 16.3. The molecule has 0 amide bonds. The molecule has 0 aliphatic heterocycles. The highest BCUT2D eigenvalue weighted by molar-refractivity contribution is 6.34. The van der Waals surface area contributed by atoms with Gasteiger partial charge in [0, 0.05) is 11.1 Å². The lowest BCUT2D eigenvalue weighted by atomic mass is 10.0. The van der Waals surface area contributed by atoms with Crippen molar-refractivity contribution in [1.82, 2.24) is 0 Å². The molecule has 0 aliphatic carbocycles. The average Bonchev–Trinajstić information content (AvgIpc) is 2.73. The Morgan fingerprint density at radius 3 is 2.28 bits per heavy atom. The topological polar surface area (TPSA) is 76.5 Å². The van der Waals surface area contributed by atoms with Crippen molar-refractivity contribution in [3.63, 3.8) is 0 Å². The van der Waals surface area contributed by atoms with E-state index in [1.165, 1.54) is 0 Å². The maximum atomic E-state index is 12.3. The third kappa shape index (κ3) is 4.76. The van der Waals surface area contributed by atoms with Crippen molar-refractivity contribution in [1.29, 1.82) is 5.41 Å². The first-order valence-corrected chi connectivity index (χ1v) is 9.13. The van der Waals surface area contributed by atoms with Crippen molar-refractivity contribution in [2.24, 2.45) is 0 Å². The number of carbonyl (C=O) groups is 2. The number of ether oxygens (including phenoxy) is 2. The lowest BCUT2D eigenvalue weighted by molar-refractivity contribution is 0.0734. The summed E-state index contributed by atoms with van der Waals surface area (Å²) in [5, 5.41) is 7.29. The van der Waals surface area contributed by atoms with Crippen LogP contribution >= 0.6 is 0 Å². The quantitative estimate of drug-likeness (QED) is 0.270. The molecule has 5 nitrogen and oxygen atoms in total. The summed E-state index contributed by atoms with van der Waals surface area (Å²) < 4.78 is 11.4. The van der Waals surface area contributed by atoms with E-state index < -0.39 is 11.8 Å². The van der Waals surface area contributed by atoms with E-state index in [0.717, 1.165) is 23.1 Å². The fourth-order valence-electron chi connectivity index (χ4n) is 2.99. The Labute approximate surface area is 169 Å². The Kier molecular flexibility index (Phi) is 6.19. The Balaban J connectivity index is 1.87. The number of Topliss-reactive ketones (excluding diaryl/α,β-unsaturated/α-hetero) is 1. The number of nitrogens with one attached hydrogen (secondary N) is 1. The number of esters is 1. The molecule has 0 unspecified atom stereocenters. The largest absolute Gasteiger partial charge is 0.488 e. The summed E-state index contributed by atoms with van der Waals surface area (Å²) in [5.74, 6) is 0.123. The van der Waals surface area contributed by atoms with Gasteiger partial charge < -0.3 is 14.9 Å². The zero-order valence-electron chi connectivity index (χ0n) is 16.3. The van der Waals surface area contributed by atoms with Crippen molar-refractivity contribution in [2.45, 2.75) is 20.5 Å². The summed E-state index contributed by atoms with van der Waals surface area (Å²) in [6, 6.07) is 19.2. The van der Waals surface area contributed by atoms with Crippen molar-refractivity contribution < 1.29 is 19.1 Å². The van der Waals surface area contributed by atoms with Crippen LogP contribution in [0.2, 0.25) is 0 Å². The van der Waals surface area contributed by atoms with Gasteiger partial charge in [0.1, 0.15) is 18.1 Å². The molecule has 29 heavy (non-hydrogen) atoms. The van der Waals surface area contributed by atoms with E-state index in [1.54, 1.807) is 42.5 Å². The van der Waals surface area contributed by atoms with Crippen LogP contribution in [0.3, 0.4) is 0 Å². The molecule has 0 heterocycles. The summed E-state index contributed by atoms with van der Waals surface area (Å²) >= 11 is 0. The number of hydrogen-bond acceptors (Lipinski definition) is 5. The Morgan fingerprint density at radius 1 is 0.931 bits per heavy atom. The van der Waals surface area contributed by atoms with E-state index in [-0.39, 0.29) is 6.61 Å². The van der Waals surface area contributed by atoms with Crippen LogP contribution in [0.5, 0.6) is 11.5 Å². The van der Waals surface area contributed by atoms with E-state index in [2.05, 4.69) is 0 Å². The van der Waals surface area contributed by atoms with Crippen LogP contribution in [0.15, 0.2) is 66.7 Å². The number of ketones is 1. The molecule has 3 aromatic rings. The van der Waals surface area contributed by atoms with Crippen LogP contribution in [-0.4, -0.2) is 18.0 Å². The summed E-state index contributed by atoms with van der Waals surface area (Å²) in [6.07, 6.45) is 0.757. The average molecular weight is 387 g/mol. The van der Waals surface area contributed by atoms with Gasteiger partial charge in [0.05, 0.1) is 11.8 Å². The molecule has 0 bridgehead atoms. The third-order valence-electron chi connectivity index (χ3n) is 4.47. The number of aryl methyl sites for hydroxylation is 2. The van der Waals surface area contributed by atoms with Crippen LogP contribution in [0.1, 0.15) is 37.4 Å². The number of benzene rings is 3. The molecule has 0 atom stereocenters. The van der Waals surface area contributed by atoms with Gasteiger partial charge >= 0.3 is 5.97 Å². The van der Waals surface area contributed by atoms with Crippen LogP contribution in [0.4, 0.5) is 0 Å². The van der Waals surface area contributed by atoms with E-state index >= 15 is 0 Å². The predicted octanol–water partition coefficient (Wildman–Crippen LogP) is 4.93. The Morgan fingerprint density at radius 2 is 1.62 bits per heavy atom. The van der Waals surface area contributed by atoms with E-state index in [1.807, 2.05) is 38.1 Å². The third-order valence-corrected chi connectivity index (χ3v) is 4.47. The lowest BCUT2D eigenvalue weighted by Gasteiger charge is -2.14. The molecule has 3 aromatic carbocycles. The van der Waals surface area contributed by atoms with Gasteiger partial charge in [0.15, 0.2) is 0 Å². The minimum Gasteiger partial charge on any atom is -0.488 e. The van der Waals surface area contributed by atoms with Gasteiger partial charge in [0.2, 0.25) is 5.78 Å². The monoisotopic (exact) mass is 387 g/mol. The fraction of sp³-hybridized carbons (Fsp3) is 0.125. The molecule has 146 valence electrons. The van der Waals surface area contributed by atoms with Crippen molar-refractivity contribution in [2.75, 3.05) is 0 Å². The van der Waals surface area contributed by atoms with Gasteiger partial charge in [-0.15, -0.1) is 0 Å². The van der Waals surface area contributed by atoms with Crippen molar-refractivity contribution in [3.8, 4) is 11.5 Å². The summed E-state index contributed by atoms with van der Waals surface area (Å²) in [5.41, 5.74) is 3.28. The van der Waals surface area contributed by atoms with E-state index in [0.29, 0.717) is 22.4 Å². The highest BCUT2D eigenvalue weighted by Crippen LogP contribution is 2.26. The molecule has 5 heteroatoms. The number of rotatable bonds is 7. The summed E-state index contributed by atoms with van der Waals surface area (Å²) in [4.78, 5) is 24.4. The molecular weight excluding hydrogens is 366 g/mol. The number of hydrogen-bond donors (Lipinski definition) is 1. The molecule has 0 spiro atoms. The lowest BCUT2D eigenvalue weighted by Crippen LogP contribution is -2.11. The highest BCUT2D eigenvalue weighted by Gasteiger charge is 2.15. The molecule has 3 rings (SSSR count). The minimum absolute atomic E-state index is 0.108. The SMILES string of the molecule is Cc1cccc(C)c1OCc1cc(OC(=O)c2ccccc2)ccc1C(=O)C=N. The second-order valence-corrected chi connectivity index (χ2v) is 6.59. The molecule has 0 aliphatic rings. The summed E-state index contributed by atoms with van der Waals surface area (Å²) in [6.45, 7) is 4.01. The maximum Gasteiger partial charge on any atom is 0.343 e. The van der Waals surface area contributed by atoms with Crippen LogP contribution in [0.25, 0.3) is 0 Å². The van der Waals surface area contributed by atoms with Crippen LogP contribution in [-0.2, 0) is 6.61 Å². The molecular formula is C24H21NO4. The standard InChI is InChI=1S/C24H21NO4/c1-16-7-6-8-17(2)23(16)28-15-19-13-20(11-12-21(19)22(26)14-25)29-24(27)18-9-4-3-5-10-18/h3-14,25H,15H2,1-2H3. The van der Waals surface area contributed by atoms with Crippen LogP contribution < -0.4 is 9.47 Å². The van der Waals surface area contributed by atoms with E-state index in [4.69, 9.17) is 14.9 Å². The van der Waals surface area contributed by atoms with Gasteiger partial charge in [-0.2, -0.15) is 0 Å². The Hall–Kier alpha value is -3.73. The van der Waals surface area contributed by atoms with Gasteiger partial charge in [-0.25, -0.2) is 4.79 Å². The number of carbonyl (C=O) groups excluding carboxylic acids is 2. The molecule has 0 saturated carbocycles. The maximum absolute atomic E-state index is 12.3. The smallest absolute Gasteiger partial charge is 0.343 e. The first kappa shape index (κ1) is 20.0. The molecule has 1 N–H and O–H groups in total. The zero-order chi connectivity index (χ0) is 20.8. The molecule has 0 fully saturated rings. The van der Waals surface area contributed by atoms with Crippen LogP contribution in [0, 0.1) is 19.3 Å². The summed E-state index contributed by atoms with van der Waals surface area (Å²) in [7, 11) is 0. The molecule has 0 saturated heterocycles. The van der Waals surface area contributed by atoms with Crippen molar-refractivity contribution >= 4 is 18.0 Å².